The van der Waals surface area contributed by atoms with Gasteiger partial charge >= 0.3 is 0 Å². The van der Waals surface area contributed by atoms with Crippen LogP contribution in [0.3, 0.4) is 0 Å². The Morgan fingerprint density at radius 1 is 1.21 bits per heavy atom. The van der Waals surface area contributed by atoms with Crippen LogP contribution in [-0.2, 0) is 12.2 Å². The molecule has 28 heavy (non-hydrogen) atoms. The number of methoxy groups -OCH3 is 1. The minimum atomic E-state index is -1.65. The van der Waals surface area contributed by atoms with Crippen LogP contribution in [0.4, 0.5) is 4.39 Å². The van der Waals surface area contributed by atoms with Gasteiger partial charge in [0, 0.05) is 43.6 Å². The van der Waals surface area contributed by atoms with Crippen molar-refractivity contribution in [1.82, 2.24) is 20.2 Å². The van der Waals surface area contributed by atoms with Crippen LogP contribution in [0.1, 0.15) is 42.5 Å². The summed E-state index contributed by atoms with van der Waals surface area (Å²) >= 11 is 0. The van der Waals surface area contributed by atoms with Crippen LogP contribution in [0.5, 0.6) is 5.75 Å². The van der Waals surface area contributed by atoms with Gasteiger partial charge in [-0.2, -0.15) is 4.98 Å². The normalized spacial score (nSPS) is 22.6. The summed E-state index contributed by atoms with van der Waals surface area (Å²) in [7, 11) is 1.60. The number of aromatic nitrogens is 3. The summed E-state index contributed by atoms with van der Waals surface area (Å²) in [4.78, 5) is 6.32. The number of hydrogen-bond acceptors (Lipinski definition) is 7. The van der Waals surface area contributed by atoms with E-state index in [0.29, 0.717) is 31.3 Å². The Kier molecular flexibility index (Phi) is 4.16. The lowest BCUT2D eigenvalue weighted by atomic mass is 10.1. The molecule has 0 N–H and O–H groups in total. The van der Waals surface area contributed by atoms with E-state index >= 15 is 4.39 Å². The molecular formula is C20H21FN4O3. The molecule has 1 aromatic carbocycles. The maximum Gasteiger partial charge on any atom is 0.266 e. The lowest BCUT2D eigenvalue weighted by Crippen LogP contribution is -2.27. The van der Waals surface area contributed by atoms with Crippen LogP contribution < -0.4 is 4.74 Å². The minimum Gasteiger partial charge on any atom is -0.497 e. The van der Waals surface area contributed by atoms with Crippen molar-refractivity contribution >= 4 is 0 Å². The number of nitrogens with zero attached hydrogens (tertiary/aromatic N) is 4. The van der Waals surface area contributed by atoms with Crippen molar-refractivity contribution in [3.8, 4) is 17.1 Å². The average Bonchev–Trinajstić information content (AvgIpc) is 3.10. The third-order valence-corrected chi connectivity index (χ3v) is 5.40. The van der Waals surface area contributed by atoms with E-state index in [9.17, 15) is 0 Å². The van der Waals surface area contributed by atoms with E-state index < -0.39 is 5.67 Å². The van der Waals surface area contributed by atoms with Crippen LogP contribution in [0, 0.1) is 0 Å². The van der Waals surface area contributed by atoms with Gasteiger partial charge in [-0.1, -0.05) is 10.3 Å². The van der Waals surface area contributed by atoms with E-state index in [-0.39, 0.29) is 12.4 Å². The van der Waals surface area contributed by atoms with Gasteiger partial charge in [0.05, 0.1) is 12.8 Å². The summed E-state index contributed by atoms with van der Waals surface area (Å²) in [5, 5.41) is 8.08. The van der Waals surface area contributed by atoms with E-state index in [4.69, 9.17) is 13.8 Å². The average molecular weight is 384 g/mol. The zero-order chi connectivity index (χ0) is 19.1. The van der Waals surface area contributed by atoms with E-state index in [1.165, 1.54) is 12.8 Å². The fourth-order valence-corrected chi connectivity index (χ4v) is 3.61. The van der Waals surface area contributed by atoms with Crippen LogP contribution in [-0.4, -0.2) is 40.4 Å². The zero-order valence-corrected chi connectivity index (χ0v) is 15.6. The molecule has 2 aromatic heterocycles. The molecule has 1 atom stereocenters. The van der Waals surface area contributed by atoms with Gasteiger partial charge in [-0.15, -0.1) is 0 Å². The van der Waals surface area contributed by atoms with Gasteiger partial charge in [0.25, 0.3) is 5.89 Å². The van der Waals surface area contributed by atoms with E-state index in [2.05, 4.69) is 15.3 Å². The largest absolute Gasteiger partial charge is 0.497 e. The quantitative estimate of drug-likeness (QED) is 0.641. The van der Waals surface area contributed by atoms with Gasteiger partial charge in [0.15, 0.2) is 0 Å². The number of alkyl halides is 1. The summed E-state index contributed by atoms with van der Waals surface area (Å²) < 4.78 is 31.3. The predicted octanol–water partition coefficient (Wildman–Crippen LogP) is 3.68. The molecule has 0 spiro atoms. The van der Waals surface area contributed by atoms with Crippen LogP contribution in [0.15, 0.2) is 39.4 Å². The van der Waals surface area contributed by atoms with Crippen molar-refractivity contribution in [2.24, 2.45) is 0 Å². The second-order valence-electron chi connectivity index (χ2n) is 7.57. The van der Waals surface area contributed by atoms with E-state index in [1.54, 1.807) is 7.11 Å². The molecular weight excluding hydrogens is 363 g/mol. The molecule has 3 heterocycles. The Bertz CT molecular complexity index is 966. The zero-order valence-electron chi connectivity index (χ0n) is 15.6. The Balaban J connectivity index is 1.27. The second-order valence-corrected chi connectivity index (χ2v) is 7.57. The number of hydrogen-bond donors (Lipinski definition) is 0. The standard InChI is InChI=1S/C20H21FN4O3/c1-26-16-6-4-14(5-7-16)18-22-19(28-24-18)20(21)8-9-25(12-20)11-15-10-17(27-23-15)13-2-3-13/h4-7,10,13H,2-3,8-9,11-12H2,1H3. The third-order valence-electron chi connectivity index (χ3n) is 5.40. The first-order chi connectivity index (χ1) is 13.6. The smallest absolute Gasteiger partial charge is 0.266 e. The van der Waals surface area contributed by atoms with Gasteiger partial charge < -0.3 is 13.8 Å². The van der Waals surface area contributed by atoms with Crippen molar-refractivity contribution in [2.75, 3.05) is 20.2 Å². The molecule has 2 aliphatic rings. The Hall–Kier alpha value is -2.74. The lowest BCUT2D eigenvalue weighted by molar-refractivity contribution is 0.115. The summed E-state index contributed by atoms with van der Waals surface area (Å²) in [6.45, 7) is 1.35. The summed E-state index contributed by atoms with van der Waals surface area (Å²) in [6.07, 6.45) is 2.64. The van der Waals surface area contributed by atoms with Crippen molar-refractivity contribution in [1.29, 1.82) is 0 Å². The topological polar surface area (TPSA) is 77.4 Å². The van der Waals surface area contributed by atoms with E-state index in [1.807, 2.05) is 35.2 Å². The first-order valence-electron chi connectivity index (χ1n) is 9.48. The molecule has 7 nitrogen and oxygen atoms in total. The Morgan fingerprint density at radius 3 is 2.79 bits per heavy atom. The number of halogens is 1. The summed E-state index contributed by atoms with van der Waals surface area (Å²) in [5.41, 5.74) is -0.0547. The van der Waals surface area contributed by atoms with Crippen LogP contribution in [0.25, 0.3) is 11.4 Å². The van der Waals surface area contributed by atoms with Crippen molar-refractivity contribution < 1.29 is 18.2 Å². The van der Waals surface area contributed by atoms with Crippen molar-refractivity contribution in [3.63, 3.8) is 0 Å². The minimum absolute atomic E-state index is 0.0274. The number of likely N-dealkylation sites (tertiary alicyclic amines) is 1. The molecule has 1 aliphatic heterocycles. The molecule has 0 radical (unpaired) electrons. The SMILES string of the molecule is COc1ccc(-c2noc(C3(F)CCN(Cc4cc(C5CC5)on4)C3)n2)cc1. The molecule has 1 saturated carbocycles. The number of rotatable bonds is 6. The maximum absolute atomic E-state index is 15.5. The molecule has 1 saturated heterocycles. The molecule has 0 amide bonds. The van der Waals surface area contributed by atoms with Crippen molar-refractivity contribution in [2.45, 2.75) is 37.4 Å². The third kappa shape index (κ3) is 3.28. The van der Waals surface area contributed by atoms with E-state index in [0.717, 1.165) is 22.8 Å². The molecule has 8 heteroatoms. The molecule has 3 aromatic rings. The first kappa shape index (κ1) is 17.4. The summed E-state index contributed by atoms with van der Waals surface area (Å²) in [6, 6.07) is 9.25. The van der Waals surface area contributed by atoms with Gasteiger partial charge in [0.2, 0.25) is 11.5 Å². The van der Waals surface area contributed by atoms with Gasteiger partial charge in [0.1, 0.15) is 11.5 Å². The predicted molar refractivity (Wildman–Crippen MR) is 97.4 cm³/mol. The van der Waals surface area contributed by atoms with Gasteiger partial charge in [-0.25, -0.2) is 4.39 Å². The highest BCUT2D eigenvalue weighted by molar-refractivity contribution is 5.55. The monoisotopic (exact) mass is 384 g/mol. The number of benzene rings is 1. The highest BCUT2D eigenvalue weighted by Gasteiger charge is 2.45. The molecule has 1 unspecified atom stereocenters. The Morgan fingerprint density at radius 2 is 2.04 bits per heavy atom. The second kappa shape index (κ2) is 6.70. The summed E-state index contributed by atoms with van der Waals surface area (Å²) in [5.74, 6) is 2.61. The molecule has 1 aliphatic carbocycles. The highest BCUT2D eigenvalue weighted by Crippen LogP contribution is 2.41. The molecule has 146 valence electrons. The molecule has 0 bridgehead atoms. The van der Waals surface area contributed by atoms with Crippen LogP contribution >= 0.6 is 0 Å². The van der Waals surface area contributed by atoms with Crippen LogP contribution in [0.2, 0.25) is 0 Å². The van der Waals surface area contributed by atoms with Gasteiger partial charge in [-0.3, -0.25) is 4.90 Å². The fraction of sp³-hybridized carbons (Fsp3) is 0.450. The lowest BCUT2D eigenvalue weighted by Gasteiger charge is -2.16. The fourth-order valence-electron chi connectivity index (χ4n) is 3.61. The van der Waals surface area contributed by atoms with Gasteiger partial charge in [-0.05, 0) is 37.1 Å². The Labute approximate surface area is 161 Å². The highest BCUT2D eigenvalue weighted by atomic mass is 19.1. The molecule has 5 rings (SSSR count). The molecule has 2 fully saturated rings. The number of ether oxygens (including phenoxy) is 1. The first-order valence-corrected chi connectivity index (χ1v) is 9.48. The van der Waals surface area contributed by atoms with Crippen molar-refractivity contribution in [3.05, 3.63) is 47.7 Å². The maximum atomic E-state index is 15.5.